The number of alkyl halides is 1. The molecule has 1 rings (SSSR count). The molecule has 0 radical (unpaired) electrons. The van der Waals surface area contributed by atoms with E-state index in [-0.39, 0.29) is 0 Å². The molecular weight excluding hydrogens is 234 g/mol. The van der Waals surface area contributed by atoms with Crippen molar-refractivity contribution in [1.82, 2.24) is 10.2 Å². The molecule has 0 fully saturated rings. The molecule has 0 saturated carbocycles. The molecule has 0 aliphatic heterocycles. The Bertz CT molecular complexity index is 312. The van der Waals surface area contributed by atoms with Crippen LogP contribution >= 0.6 is 11.6 Å². The molecule has 0 aromatic carbocycles. The van der Waals surface area contributed by atoms with Gasteiger partial charge in [0.2, 0.25) is 0 Å². The zero-order valence-electron chi connectivity index (χ0n) is 11.2. The minimum absolute atomic E-state index is 0.418. The van der Waals surface area contributed by atoms with Gasteiger partial charge in [0.1, 0.15) is 0 Å². The lowest BCUT2D eigenvalue weighted by Crippen LogP contribution is -2.32. The summed E-state index contributed by atoms with van der Waals surface area (Å²) in [6, 6.07) is 3.96. The van der Waals surface area contributed by atoms with E-state index >= 15 is 0 Å². The van der Waals surface area contributed by atoms with Gasteiger partial charge in [-0.05, 0) is 24.0 Å². The lowest BCUT2D eigenvalue weighted by atomic mass is 10.1. The van der Waals surface area contributed by atoms with Gasteiger partial charge >= 0.3 is 0 Å². The summed E-state index contributed by atoms with van der Waals surface area (Å²) in [5.41, 5.74) is 0.824. The van der Waals surface area contributed by atoms with Crippen LogP contribution in [0.15, 0.2) is 12.1 Å². The van der Waals surface area contributed by atoms with E-state index < -0.39 is 0 Å². The van der Waals surface area contributed by atoms with Gasteiger partial charge in [0.05, 0.1) is 11.6 Å². The van der Waals surface area contributed by atoms with Crippen molar-refractivity contribution >= 4 is 17.4 Å². The highest BCUT2D eigenvalue weighted by Crippen LogP contribution is 2.14. The second-order valence-corrected chi connectivity index (χ2v) is 5.48. The summed E-state index contributed by atoms with van der Waals surface area (Å²) >= 11 is 5.71. The summed E-state index contributed by atoms with van der Waals surface area (Å²) in [6.07, 6.45) is 0. The predicted molar refractivity (Wildman–Crippen MR) is 73.5 cm³/mol. The lowest BCUT2D eigenvalue weighted by molar-refractivity contribution is 0.546. The lowest BCUT2D eigenvalue weighted by Gasteiger charge is -2.26. The van der Waals surface area contributed by atoms with E-state index in [1.165, 1.54) is 0 Å². The molecule has 0 aliphatic carbocycles. The molecule has 1 aromatic rings. The second-order valence-electron chi connectivity index (χ2n) is 5.21. The molecule has 96 valence electrons. The maximum atomic E-state index is 5.71. The Morgan fingerprint density at radius 1 is 1.06 bits per heavy atom. The molecule has 0 spiro atoms. The molecule has 0 bridgehead atoms. The Labute approximate surface area is 109 Å². The van der Waals surface area contributed by atoms with Gasteiger partial charge in [0.25, 0.3) is 0 Å². The summed E-state index contributed by atoms with van der Waals surface area (Å²) in [5, 5.41) is 8.36. The number of anilines is 1. The SMILES string of the molecule is CC(C)CN(CC(C)C)c1ccc(CCl)nn1. The second kappa shape index (κ2) is 6.80. The number of aromatic nitrogens is 2. The molecule has 0 saturated heterocycles. The zero-order chi connectivity index (χ0) is 12.8. The van der Waals surface area contributed by atoms with Crippen LogP contribution in [0.3, 0.4) is 0 Å². The molecule has 0 atom stereocenters. The minimum Gasteiger partial charge on any atom is -0.355 e. The monoisotopic (exact) mass is 255 g/mol. The quantitative estimate of drug-likeness (QED) is 0.730. The fourth-order valence-corrected chi connectivity index (χ4v) is 1.88. The van der Waals surface area contributed by atoms with Crippen molar-refractivity contribution in [3.05, 3.63) is 17.8 Å². The van der Waals surface area contributed by atoms with Crippen molar-refractivity contribution in [3.63, 3.8) is 0 Å². The van der Waals surface area contributed by atoms with Crippen LogP contribution in [0.5, 0.6) is 0 Å². The molecule has 1 heterocycles. The molecule has 0 N–H and O–H groups in total. The third-order valence-electron chi connectivity index (χ3n) is 2.34. The third kappa shape index (κ3) is 4.90. The average Bonchev–Trinajstić information content (AvgIpc) is 2.27. The topological polar surface area (TPSA) is 29.0 Å². The van der Waals surface area contributed by atoms with Gasteiger partial charge in [-0.1, -0.05) is 27.7 Å². The van der Waals surface area contributed by atoms with Crippen LogP contribution in [0.25, 0.3) is 0 Å². The first-order chi connectivity index (χ1) is 8.02. The molecule has 3 nitrogen and oxygen atoms in total. The van der Waals surface area contributed by atoms with Crippen LogP contribution in [-0.2, 0) is 5.88 Å². The molecule has 17 heavy (non-hydrogen) atoms. The van der Waals surface area contributed by atoms with Crippen molar-refractivity contribution in [2.24, 2.45) is 11.8 Å². The number of hydrogen-bond donors (Lipinski definition) is 0. The molecule has 4 heteroatoms. The van der Waals surface area contributed by atoms with E-state index in [4.69, 9.17) is 11.6 Å². The van der Waals surface area contributed by atoms with Crippen LogP contribution in [-0.4, -0.2) is 23.3 Å². The van der Waals surface area contributed by atoms with Crippen molar-refractivity contribution in [2.45, 2.75) is 33.6 Å². The van der Waals surface area contributed by atoms with E-state index in [1.54, 1.807) is 0 Å². The maximum absolute atomic E-state index is 5.71. The number of hydrogen-bond acceptors (Lipinski definition) is 3. The van der Waals surface area contributed by atoms with Crippen LogP contribution < -0.4 is 4.90 Å². The summed E-state index contributed by atoms with van der Waals surface area (Å²) in [7, 11) is 0. The van der Waals surface area contributed by atoms with Crippen molar-refractivity contribution in [3.8, 4) is 0 Å². The highest BCUT2D eigenvalue weighted by molar-refractivity contribution is 6.16. The fraction of sp³-hybridized carbons (Fsp3) is 0.692. The van der Waals surface area contributed by atoms with Crippen molar-refractivity contribution in [1.29, 1.82) is 0 Å². The van der Waals surface area contributed by atoms with Gasteiger partial charge in [0.15, 0.2) is 5.82 Å². The highest BCUT2D eigenvalue weighted by atomic mass is 35.5. The van der Waals surface area contributed by atoms with E-state index in [0.29, 0.717) is 17.7 Å². The number of rotatable bonds is 6. The first kappa shape index (κ1) is 14.2. The van der Waals surface area contributed by atoms with Gasteiger partial charge in [-0.15, -0.1) is 16.7 Å². The van der Waals surface area contributed by atoms with Gasteiger partial charge < -0.3 is 4.90 Å². The van der Waals surface area contributed by atoms with Crippen LogP contribution in [0.1, 0.15) is 33.4 Å². The number of nitrogens with zero attached hydrogens (tertiary/aromatic N) is 3. The third-order valence-corrected chi connectivity index (χ3v) is 2.61. The number of halogens is 1. The highest BCUT2D eigenvalue weighted by Gasteiger charge is 2.12. The van der Waals surface area contributed by atoms with E-state index in [0.717, 1.165) is 24.6 Å². The van der Waals surface area contributed by atoms with Crippen LogP contribution in [0.2, 0.25) is 0 Å². The van der Waals surface area contributed by atoms with Gasteiger partial charge in [-0.3, -0.25) is 0 Å². The Balaban J connectivity index is 2.79. The van der Waals surface area contributed by atoms with Gasteiger partial charge in [-0.2, -0.15) is 5.10 Å². The first-order valence-corrected chi connectivity index (χ1v) is 6.70. The Morgan fingerprint density at radius 3 is 2.00 bits per heavy atom. The largest absolute Gasteiger partial charge is 0.355 e. The van der Waals surface area contributed by atoms with E-state index in [1.807, 2.05) is 12.1 Å². The smallest absolute Gasteiger partial charge is 0.151 e. The Hall–Kier alpha value is -0.830. The summed E-state index contributed by atoms with van der Waals surface area (Å²) in [6.45, 7) is 10.9. The van der Waals surface area contributed by atoms with Crippen LogP contribution in [0, 0.1) is 11.8 Å². The Kier molecular flexibility index (Phi) is 5.69. The summed E-state index contributed by atoms with van der Waals surface area (Å²) < 4.78 is 0. The normalized spacial score (nSPS) is 11.2. The maximum Gasteiger partial charge on any atom is 0.151 e. The summed E-state index contributed by atoms with van der Waals surface area (Å²) in [4.78, 5) is 2.29. The van der Waals surface area contributed by atoms with E-state index in [9.17, 15) is 0 Å². The molecule has 0 amide bonds. The fourth-order valence-electron chi connectivity index (χ4n) is 1.74. The van der Waals surface area contributed by atoms with Crippen LogP contribution in [0.4, 0.5) is 5.82 Å². The first-order valence-electron chi connectivity index (χ1n) is 6.16. The molecule has 0 unspecified atom stereocenters. The molecular formula is C13H22ClN3. The summed E-state index contributed by atoms with van der Waals surface area (Å²) in [5.74, 6) is 2.59. The Morgan fingerprint density at radius 2 is 1.65 bits per heavy atom. The standard InChI is InChI=1S/C13H22ClN3/c1-10(2)8-17(9-11(3)4)13-6-5-12(7-14)15-16-13/h5-6,10-11H,7-9H2,1-4H3. The van der Waals surface area contributed by atoms with Gasteiger partial charge in [-0.25, -0.2) is 0 Å². The minimum atomic E-state index is 0.418. The average molecular weight is 256 g/mol. The van der Waals surface area contributed by atoms with E-state index in [2.05, 4.69) is 42.8 Å². The molecule has 1 aromatic heterocycles. The predicted octanol–water partition coefficient (Wildman–Crippen LogP) is 3.33. The molecule has 0 aliphatic rings. The zero-order valence-corrected chi connectivity index (χ0v) is 11.9. The van der Waals surface area contributed by atoms with Gasteiger partial charge in [0, 0.05) is 13.1 Å². The van der Waals surface area contributed by atoms with Crippen molar-refractivity contribution < 1.29 is 0 Å². The van der Waals surface area contributed by atoms with Crippen molar-refractivity contribution in [2.75, 3.05) is 18.0 Å².